The van der Waals surface area contributed by atoms with E-state index in [1.807, 2.05) is 83.8 Å². The minimum absolute atomic E-state index is 0.00732. The standard InChI is InChI=1S/C32H32F2N4O2/c33-31(34)40-30-15-7-4-12-26(30)23-37-19-16-27(17-20-37)38(22-24-9-8-18-35-21-24)32(39)36-29-14-6-5-13-28(29)25-10-2-1-3-11-25/h1-15,18,21,27,31H,16-17,19-20,22-23H2,(H,36,39). The number of carbonyl (C=O) groups excluding carboxylic acids is 1. The van der Waals surface area contributed by atoms with Crippen LogP contribution in [0.15, 0.2) is 103 Å². The first-order chi connectivity index (χ1) is 19.6. The highest BCUT2D eigenvalue weighted by Gasteiger charge is 2.29. The molecule has 2 amide bonds. The summed E-state index contributed by atoms with van der Waals surface area (Å²) in [7, 11) is 0. The molecule has 40 heavy (non-hydrogen) atoms. The Hall–Kier alpha value is -4.30. The molecular formula is C32H32F2N4O2. The summed E-state index contributed by atoms with van der Waals surface area (Å²) in [4.78, 5) is 22.2. The Morgan fingerprint density at radius 1 is 0.950 bits per heavy atom. The molecule has 1 fully saturated rings. The molecule has 2 heterocycles. The van der Waals surface area contributed by atoms with Crippen LogP contribution in [0.25, 0.3) is 11.1 Å². The molecule has 1 aliphatic rings. The number of anilines is 1. The molecule has 0 bridgehead atoms. The van der Waals surface area contributed by atoms with Gasteiger partial charge in [-0.05, 0) is 42.2 Å². The van der Waals surface area contributed by atoms with Gasteiger partial charge in [0.1, 0.15) is 5.75 Å². The van der Waals surface area contributed by atoms with Crippen LogP contribution in [0.5, 0.6) is 5.75 Å². The summed E-state index contributed by atoms with van der Waals surface area (Å²) >= 11 is 0. The predicted octanol–water partition coefficient (Wildman–Crippen LogP) is 7.05. The van der Waals surface area contributed by atoms with E-state index >= 15 is 0 Å². The van der Waals surface area contributed by atoms with Crippen molar-refractivity contribution in [3.63, 3.8) is 0 Å². The molecule has 0 saturated carbocycles. The molecule has 8 heteroatoms. The number of aromatic nitrogens is 1. The Balaban J connectivity index is 1.30. The normalized spacial score (nSPS) is 14.2. The number of likely N-dealkylation sites (tertiary alicyclic amines) is 1. The van der Waals surface area contributed by atoms with Crippen molar-refractivity contribution < 1.29 is 18.3 Å². The van der Waals surface area contributed by atoms with Crippen LogP contribution < -0.4 is 10.1 Å². The fourth-order valence-corrected chi connectivity index (χ4v) is 5.18. The Bertz CT molecular complexity index is 1380. The van der Waals surface area contributed by atoms with Crippen LogP contribution >= 0.6 is 0 Å². The van der Waals surface area contributed by atoms with E-state index in [9.17, 15) is 13.6 Å². The van der Waals surface area contributed by atoms with Crippen LogP contribution in [0.3, 0.4) is 0 Å². The lowest BCUT2D eigenvalue weighted by Gasteiger charge is -2.38. The van der Waals surface area contributed by atoms with Crippen LogP contribution in [-0.4, -0.2) is 46.6 Å². The molecule has 1 aliphatic heterocycles. The number of nitrogens with zero attached hydrogens (tertiary/aromatic N) is 3. The number of hydrogen-bond acceptors (Lipinski definition) is 4. The first-order valence-corrected chi connectivity index (χ1v) is 13.4. The van der Waals surface area contributed by atoms with E-state index in [1.165, 1.54) is 0 Å². The molecule has 4 aromatic rings. The Morgan fingerprint density at radius 2 is 1.68 bits per heavy atom. The number of hydrogen-bond donors (Lipinski definition) is 1. The second-order valence-electron chi connectivity index (χ2n) is 9.82. The summed E-state index contributed by atoms with van der Waals surface area (Å²) in [6.07, 6.45) is 5.02. The summed E-state index contributed by atoms with van der Waals surface area (Å²) in [5, 5.41) is 3.17. The summed E-state index contributed by atoms with van der Waals surface area (Å²) in [6.45, 7) is -0.466. The third-order valence-corrected chi connectivity index (χ3v) is 7.17. The van der Waals surface area contributed by atoms with Gasteiger partial charge in [-0.1, -0.05) is 72.8 Å². The van der Waals surface area contributed by atoms with E-state index in [0.717, 1.165) is 53.9 Å². The number of alkyl halides is 2. The molecule has 0 unspecified atom stereocenters. The van der Waals surface area contributed by atoms with Crippen molar-refractivity contribution in [2.24, 2.45) is 0 Å². The van der Waals surface area contributed by atoms with Crippen LogP contribution in [0.2, 0.25) is 0 Å². The van der Waals surface area contributed by atoms with Gasteiger partial charge in [-0.3, -0.25) is 9.88 Å². The molecule has 0 radical (unpaired) electrons. The molecule has 6 nitrogen and oxygen atoms in total. The van der Waals surface area contributed by atoms with E-state index in [-0.39, 0.29) is 17.8 Å². The van der Waals surface area contributed by atoms with Gasteiger partial charge >= 0.3 is 12.6 Å². The highest BCUT2D eigenvalue weighted by molar-refractivity contribution is 5.94. The van der Waals surface area contributed by atoms with E-state index in [2.05, 4.69) is 15.2 Å². The molecule has 1 saturated heterocycles. The quantitative estimate of drug-likeness (QED) is 0.246. The summed E-state index contributed by atoms with van der Waals surface area (Å²) in [5.41, 5.74) is 4.42. The largest absolute Gasteiger partial charge is 0.434 e. The second kappa shape index (κ2) is 13.2. The third kappa shape index (κ3) is 7.01. The molecule has 1 aromatic heterocycles. The molecular weight excluding hydrogens is 510 g/mol. The average Bonchev–Trinajstić information content (AvgIpc) is 2.98. The van der Waals surface area contributed by atoms with Crippen LogP contribution in [0.1, 0.15) is 24.0 Å². The summed E-state index contributed by atoms with van der Waals surface area (Å²) in [6, 6.07) is 28.4. The maximum atomic E-state index is 13.8. The van der Waals surface area contributed by atoms with Crippen molar-refractivity contribution in [3.8, 4) is 16.9 Å². The van der Waals surface area contributed by atoms with E-state index < -0.39 is 6.61 Å². The van der Waals surface area contributed by atoms with Crippen LogP contribution in [-0.2, 0) is 13.1 Å². The number of ether oxygens (including phenoxy) is 1. The van der Waals surface area contributed by atoms with E-state index in [0.29, 0.717) is 13.1 Å². The van der Waals surface area contributed by atoms with Gasteiger partial charge in [-0.15, -0.1) is 0 Å². The van der Waals surface area contributed by atoms with Gasteiger partial charge in [-0.2, -0.15) is 8.78 Å². The van der Waals surface area contributed by atoms with Crippen molar-refractivity contribution in [2.45, 2.75) is 38.6 Å². The number of pyridine rings is 1. The number of halogens is 2. The number of nitrogens with one attached hydrogen (secondary N) is 1. The number of piperidine rings is 1. The summed E-state index contributed by atoms with van der Waals surface area (Å²) in [5.74, 6) is 0.203. The molecule has 3 aromatic carbocycles. The SMILES string of the molecule is O=C(Nc1ccccc1-c1ccccc1)N(Cc1cccnc1)C1CCN(Cc2ccccc2OC(F)F)CC1. The Labute approximate surface area is 233 Å². The highest BCUT2D eigenvalue weighted by Crippen LogP contribution is 2.29. The van der Waals surface area contributed by atoms with Gasteiger partial charge in [0.2, 0.25) is 0 Å². The van der Waals surface area contributed by atoms with Crippen molar-refractivity contribution in [1.82, 2.24) is 14.8 Å². The zero-order valence-electron chi connectivity index (χ0n) is 22.1. The maximum absolute atomic E-state index is 13.8. The number of rotatable bonds is 9. The topological polar surface area (TPSA) is 57.7 Å². The number of urea groups is 1. The zero-order chi connectivity index (χ0) is 27.7. The number of amides is 2. The lowest BCUT2D eigenvalue weighted by molar-refractivity contribution is -0.0508. The van der Waals surface area contributed by atoms with Gasteiger partial charge in [0.05, 0.1) is 5.69 Å². The molecule has 206 valence electrons. The average molecular weight is 543 g/mol. The second-order valence-corrected chi connectivity index (χ2v) is 9.82. The maximum Gasteiger partial charge on any atom is 0.387 e. The van der Waals surface area contributed by atoms with E-state index in [1.54, 1.807) is 24.5 Å². The fourth-order valence-electron chi connectivity index (χ4n) is 5.18. The monoisotopic (exact) mass is 542 g/mol. The van der Waals surface area contributed by atoms with Crippen LogP contribution in [0, 0.1) is 0 Å². The van der Waals surface area contributed by atoms with Crippen LogP contribution in [0.4, 0.5) is 19.3 Å². The van der Waals surface area contributed by atoms with Gasteiger partial charge in [-0.25, -0.2) is 4.79 Å². The highest BCUT2D eigenvalue weighted by atomic mass is 19.3. The zero-order valence-corrected chi connectivity index (χ0v) is 22.1. The first kappa shape index (κ1) is 27.3. The van der Waals surface area contributed by atoms with Crippen molar-refractivity contribution in [3.05, 3.63) is 115 Å². The summed E-state index contributed by atoms with van der Waals surface area (Å²) < 4.78 is 30.5. The lowest BCUT2D eigenvalue weighted by Crippen LogP contribution is -2.48. The number of para-hydroxylation sites is 2. The Kier molecular flexibility index (Phi) is 8.98. The number of carbonyl (C=O) groups is 1. The predicted molar refractivity (Wildman–Crippen MR) is 152 cm³/mol. The lowest BCUT2D eigenvalue weighted by atomic mass is 10.0. The molecule has 1 N–H and O–H groups in total. The van der Waals surface area contributed by atoms with Gasteiger partial charge in [0.25, 0.3) is 0 Å². The van der Waals surface area contributed by atoms with Crippen molar-refractivity contribution in [1.29, 1.82) is 0 Å². The minimum Gasteiger partial charge on any atom is -0.434 e. The van der Waals surface area contributed by atoms with E-state index in [4.69, 9.17) is 4.74 Å². The molecule has 0 aliphatic carbocycles. The van der Waals surface area contributed by atoms with Gasteiger partial charge in [0, 0.05) is 55.7 Å². The van der Waals surface area contributed by atoms with Gasteiger partial charge < -0.3 is 15.0 Å². The molecule has 5 rings (SSSR count). The van der Waals surface area contributed by atoms with Crippen molar-refractivity contribution in [2.75, 3.05) is 18.4 Å². The Morgan fingerprint density at radius 3 is 2.42 bits per heavy atom. The molecule has 0 atom stereocenters. The molecule has 0 spiro atoms. The minimum atomic E-state index is -2.86. The number of benzene rings is 3. The van der Waals surface area contributed by atoms with Crippen molar-refractivity contribution >= 4 is 11.7 Å². The third-order valence-electron chi connectivity index (χ3n) is 7.17. The smallest absolute Gasteiger partial charge is 0.387 e. The first-order valence-electron chi connectivity index (χ1n) is 13.4. The van der Waals surface area contributed by atoms with Gasteiger partial charge in [0.15, 0.2) is 0 Å². The fraction of sp³-hybridized carbons (Fsp3) is 0.250.